The minimum Gasteiger partial charge on any atom is -0.452 e. The Morgan fingerprint density at radius 3 is 1.82 bits per heavy atom. The molecule has 292 valence electrons. The Kier molecular flexibility index (Phi) is 7.36. The highest BCUT2D eigenvalue weighted by atomic mass is 16.5. The molecule has 0 bridgehead atoms. The van der Waals surface area contributed by atoms with E-state index in [9.17, 15) is 0 Å². The fourth-order valence-corrected chi connectivity index (χ4v) is 10.6. The van der Waals surface area contributed by atoms with Gasteiger partial charge in [-0.05, 0) is 114 Å². The molecule has 0 unspecified atom stereocenters. The molecule has 11 aromatic rings. The molecule has 2 aliphatic rings. The van der Waals surface area contributed by atoms with E-state index in [0.29, 0.717) is 0 Å². The molecule has 11 aromatic carbocycles. The predicted octanol–water partition coefficient (Wildman–Crippen LogP) is 16.8. The topological polar surface area (TPSA) is 15.7 Å². The van der Waals surface area contributed by atoms with E-state index in [1.54, 1.807) is 0 Å². The van der Waals surface area contributed by atoms with Crippen molar-refractivity contribution in [2.45, 2.75) is 19.3 Å². The van der Waals surface area contributed by atoms with E-state index >= 15 is 0 Å². The van der Waals surface area contributed by atoms with Crippen molar-refractivity contribution in [3.05, 3.63) is 217 Å². The Morgan fingerprint density at radius 1 is 0.371 bits per heavy atom. The molecule has 0 amide bonds. The molecule has 62 heavy (non-hydrogen) atoms. The fraction of sp³-hybridized carbons (Fsp3) is 0.0508. The third-order valence-electron chi connectivity index (χ3n) is 13.6. The van der Waals surface area contributed by atoms with E-state index in [1.165, 1.54) is 71.6 Å². The molecule has 13 rings (SSSR count). The number of para-hydroxylation sites is 2. The summed E-state index contributed by atoms with van der Waals surface area (Å²) in [7, 11) is 0. The number of nitrogens with zero attached hydrogens (tertiary/aromatic N) is 2. The number of hydrogen-bond donors (Lipinski definition) is 0. The zero-order valence-corrected chi connectivity index (χ0v) is 34.4. The molecule has 0 atom stereocenters. The van der Waals surface area contributed by atoms with Gasteiger partial charge in [-0.1, -0.05) is 172 Å². The van der Waals surface area contributed by atoms with E-state index in [0.717, 1.165) is 50.5 Å². The summed E-state index contributed by atoms with van der Waals surface area (Å²) >= 11 is 0. The highest BCUT2D eigenvalue weighted by Gasteiger charge is 2.38. The molecule has 0 aliphatic carbocycles. The zero-order chi connectivity index (χ0) is 41.1. The monoisotopic (exact) mass is 792 g/mol. The lowest BCUT2D eigenvalue weighted by Gasteiger charge is -2.42. The van der Waals surface area contributed by atoms with Gasteiger partial charge in [0.05, 0.1) is 28.4 Å². The first-order valence-corrected chi connectivity index (χ1v) is 21.5. The molecule has 0 saturated heterocycles. The Balaban J connectivity index is 1.01. The van der Waals surface area contributed by atoms with Gasteiger partial charge in [0.2, 0.25) is 0 Å². The second-order valence-electron chi connectivity index (χ2n) is 17.3. The first-order chi connectivity index (χ1) is 30.5. The van der Waals surface area contributed by atoms with Gasteiger partial charge in [0, 0.05) is 21.9 Å². The van der Waals surface area contributed by atoms with Crippen LogP contribution in [0.5, 0.6) is 11.5 Å². The normalized spacial score (nSPS) is 13.8. The lowest BCUT2D eigenvalue weighted by Crippen LogP contribution is -2.30. The molecule has 0 aromatic heterocycles. The predicted molar refractivity (Wildman–Crippen MR) is 260 cm³/mol. The highest BCUT2D eigenvalue weighted by Crippen LogP contribution is 2.57. The second kappa shape index (κ2) is 13.1. The first-order valence-electron chi connectivity index (χ1n) is 21.5. The van der Waals surface area contributed by atoms with Gasteiger partial charge in [0.25, 0.3) is 0 Å². The van der Waals surface area contributed by atoms with Crippen molar-refractivity contribution >= 4 is 77.2 Å². The number of anilines is 6. The summed E-state index contributed by atoms with van der Waals surface area (Å²) in [4.78, 5) is 4.88. The minimum atomic E-state index is -0.227. The van der Waals surface area contributed by atoms with Crippen molar-refractivity contribution in [2.24, 2.45) is 0 Å². The lowest BCUT2D eigenvalue weighted by atomic mass is 9.73. The van der Waals surface area contributed by atoms with Crippen LogP contribution in [0.4, 0.5) is 34.1 Å². The van der Waals surface area contributed by atoms with Crippen LogP contribution in [0.1, 0.15) is 25.0 Å². The van der Waals surface area contributed by atoms with Crippen molar-refractivity contribution in [3.8, 4) is 33.8 Å². The van der Waals surface area contributed by atoms with Gasteiger partial charge in [-0.2, -0.15) is 0 Å². The summed E-state index contributed by atoms with van der Waals surface area (Å²) < 4.78 is 6.84. The molecule has 2 heterocycles. The average molecular weight is 793 g/mol. The third-order valence-corrected chi connectivity index (χ3v) is 13.6. The Labute approximate surface area is 360 Å². The number of benzene rings is 11. The van der Waals surface area contributed by atoms with Crippen molar-refractivity contribution in [1.82, 2.24) is 0 Å². The summed E-state index contributed by atoms with van der Waals surface area (Å²) in [5.74, 6) is 1.71. The average Bonchev–Trinajstić information content (AvgIpc) is 3.33. The van der Waals surface area contributed by atoms with Crippen molar-refractivity contribution in [1.29, 1.82) is 0 Å². The molecule has 0 spiro atoms. The smallest absolute Gasteiger partial charge is 0.159 e. The second-order valence-corrected chi connectivity index (χ2v) is 17.3. The maximum atomic E-state index is 6.84. The number of rotatable bonds is 4. The molecule has 0 fully saturated rings. The van der Waals surface area contributed by atoms with Gasteiger partial charge in [0.1, 0.15) is 0 Å². The van der Waals surface area contributed by atoms with Crippen molar-refractivity contribution in [3.63, 3.8) is 0 Å². The summed E-state index contributed by atoms with van der Waals surface area (Å²) in [5.41, 5.74) is 13.9. The van der Waals surface area contributed by atoms with Gasteiger partial charge >= 0.3 is 0 Å². The fourth-order valence-electron chi connectivity index (χ4n) is 10.6. The van der Waals surface area contributed by atoms with Gasteiger partial charge in [-0.15, -0.1) is 0 Å². The summed E-state index contributed by atoms with van der Waals surface area (Å²) in [6, 6.07) is 75.5. The van der Waals surface area contributed by atoms with Crippen LogP contribution in [0.15, 0.2) is 206 Å². The number of fused-ring (bicyclic) bond motifs is 6. The standard InChI is InChI=1S/C59H40N2O/c1-59(2)48-19-11-12-20-51(48)61(50-32-26-40-22-29-46-44(37-13-5-3-6-14-37)28-21-39-23-30-47(50)57(40)56(39)46)53-35-41(24-31-49(53)59)42-27-34-55-54(36-42)60(43-16-7-4-8-17-43)52-33-25-38-15-9-10-18-45(38)58(52)62-55/h3-36H,1-2H3. The quantitative estimate of drug-likeness (QED) is 0.165. The number of hydrogen-bond acceptors (Lipinski definition) is 3. The van der Waals surface area contributed by atoms with Gasteiger partial charge < -0.3 is 14.5 Å². The lowest BCUT2D eigenvalue weighted by molar-refractivity contribution is 0.482. The maximum absolute atomic E-state index is 6.84. The first kappa shape index (κ1) is 34.9. The largest absolute Gasteiger partial charge is 0.452 e. The summed E-state index contributed by atoms with van der Waals surface area (Å²) in [6.07, 6.45) is 0. The van der Waals surface area contributed by atoms with E-state index < -0.39 is 0 Å². The van der Waals surface area contributed by atoms with Crippen molar-refractivity contribution in [2.75, 3.05) is 9.80 Å². The third kappa shape index (κ3) is 5.00. The van der Waals surface area contributed by atoms with Crippen LogP contribution in [0.25, 0.3) is 65.3 Å². The van der Waals surface area contributed by atoms with Crippen LogP contribution in [0.2, 0.25) is 0 Å². The van der Waals surface area contributed by atoms with E-state index in [4.69, 9.17) is 4.74 Å². The molecule has 0 N–H and O–H groups in total. The van der Waals surface area contributed by atoms with Crippen LogP contribution in [0.3, 0.4) is 0 Å². The highest BCUT2D eigenvalue weighted by molar-refractivity contribution is 6.28. The molecular formula is C59H40N2O. The van der Waals surface area contributed by atoms with Crippen LogP contribution in [0, 0.1) is 0 Å². The Hall–Kier alpha value is -7.88. The number of ether oxygens (including phenoxy) is 1. The summed E-state index contributed by atoms with van der Waals surface area (Å²) in [5, 5.41) is 9.91. The zero-order valence-electron chi connectivity index (χ0n) is 34.4. The molecule has 3 nitrogen and oxygen atoms in total. The van der Waals surface area contributed by atoms with Gasteiger partial charge in [-0.25, -0.2) is 0 Å². The summed E-state index contributed by atoms with van der Waals surface area (Å²) in [6.45, 7) is 4.73. The van der Waals surface area contributed by atoms with Crippen LogP contribution < -0.4 is 14.5 Å². The minimum absolute atomic E-state index is 0.227. The maximum Gasteiger partial charge on any atom is 0.159 e. The Morgan fingerprint density at radius 2 is 0.984 bits per heavy atom. The van der Waals surface area contributed by atoms with Gasteiger partial charge in [-0.3, -0.25) is 0 Å². The molecule has 0 saturated carbocycles. The van der Waals surface area contributed by atoms with Gasteiger partial charge in [0.15, 0.2) is 11.5 Å². The van der Waals surface area contributed by atoms with Crippen LogP contribution in [-0.4, -0.2) is 0 Å². The van der Waals surface area contributed by atoms with E-state index in [-0.39, 0.29) is 5.41 Å². The van der Waals surface area contributed by atoms with E-state index in [1.807, 2.05) is 0 Å². The molecule has 2 aliphatic heterocycles. The van der Waals surface area contributed by atoms with Crippen LogP contribution in [-0.2, 0) is 5.41 Å². The van der Waals surface area contributed by atoms with E-state index in [2.05, 4.69) is 230 Å². The molecular weight excluding hydrogens is 753 g/mol. The molecule has 0 radical (unpaired) electrons. The Bertz CT molecular complexity index is 3590. The van der Waals surface area contributed by atoms with Crippen LogP contribution >= 0.6 is 0 Å². The molecule has 3 heteroatoms. The SMILES string of the molecule is CC1(C)c2ccccc2N(c2ccc3ccc4c(-c5ccccc5)ccc5ccc2c3c54)c2cc(-c3ccc4c(c3)N(c3ccccc3)c3ccc5ccccc5c3O4)ccc21. The van der Waals surface area contributed by atoms with Crippen molar-refractivity contribution < 1.29 is 4.74 Å².